The number of carbonyl (C=O) groups excluding carboxylic acids is 1. The molecule has 0 heterocycles. The van der Waals surface area contributed by atoms with Gasteiger partial charge in [-0.1, -0.05) is 6.58 Å². The number of carbonyl (C=O) groups is 2. The van der Waals surface area contributed by atoms with Crippen LogP contribution in [0.2, 0.25) is 0 Å². The van der Waals surface area contributed by atoms with Gasteiger partial charge in [0.2, 0.25) is 5.91 Å². The molecule has 1 amide bonds. The van der Waals surface area contributed by atoms with Gasteiger partial charge >= 0.3 is 5.97 Å². The van der Waals surface area contributed by atoms with Crippen molar-refractivity contribution < 1.29 is 19.4 Å². The fraction of sp³-hybridized carbons (Fsp3) is 0.500. The highest BCUT2D eigenvalue weighted by molar-refractivity contribution is 5.86. The van der Waals surface area contributed by atoms with Crippen LogP contribution in [-0.4, -0.2) is 36.7 Å². The van der Waals surface area contributed by atoms with Crippen LogP contribution in [0.5, 0.6) is 0 Å². The normalized spacial score (nSPS) is 11.8. The zero-order valence-corrected chi connectivity index (χ0v) is 7.45. The van der Waals surface area contributed by atoms with Crippen molar-refractivity contribution in [3.8, 4) is 0 Å². The summed E-state index contributed by atoms with van der Waals surface area (Å²) in [7, 11) is 1.40. The van der Waals surface area contributed by atoms with Gasteiger partial charge in [-0.2, -0.15) is 0 Å². The van der Waals surface area contributed by atoms with Crippen LogP contribution in [0.4, 0.5) is 0 Å². The first kappa shape index (κ1) is 11.6. The van der Waals surface area contributed by atoms with Crippen molar-refractivity contribution in [2.75, 3.05) is 13.7 Å². The Morgan fingerprint density at radius 3 is 2.69 bits per heavy atom. The molecule has 0 rings (SSSR count). The molecule has 1 atom stereocenters. The minimum Gasteiger partial charge on any atom is -0.481 e. The van der Waals surface area contributed by atoms with Crippen molar-refractivity contribution in [3.63, 3.8) is 0 Å². The topological polar surface area (TPSA) is 75.6 Å². The Morgan fingerprint density at radius 1 is 1.69 bits per heavy atom. The van der Waals surface area contributed by atoms with Gasteiger partial charge in [-0.15, -0.1) is 0 Å². The summed E-state index contributed by atoms with van der Waals surface area (Å²) in [5.74, 6) is -1.30. The number of rotatable bonds is 6. The molecule has 0 fully saturated rings. The van der Waals surface area contributed by atoms with Crippen LogP contribution in [0.25, 0.3) is 0 Å². The second-order valence-electron chi connectivity index (χ2n) is 2.40. The molecule has 0 saturated carbocycles. The van der Waals surface area contributed by atoms with Crippen molar-refractivity contribution in [1.29, 1.82) is 0 Å². The number of carboxylic acid groups (broad SMARTS) is 1. The van der Waals surface area contributed by atoms with Gasteiger partial charge in [0.05, 0.1) is 12.5 Å². The average molecular weight is 187 g/mol. The van der Waals surface area contributed by atoms with Gasteiger partial charge in [-0.05, 0) is 6.08 Å². The molecule has 0 saturated heterocycles. The minimum atomic E-state index is -0.959. The molecule has 0 aromatic heterocycles. The third-order valence-corrected chi connectivity index (χ3v) is 1.42. The lowest BCUT2D eigenvalue weighted by molar-refractivity contribution is -0.140. The summed E-state index contributed by atoms with van der Waals surface area (Å²) in [6, 6.07) is 0. The highest BCUT2D eigenvalue weighted by Crippen LogP contribution is 1.95. The molecule has 74 valence electrons. The van der Waals surface area contributed by atoms with Gasteiger partial charge in [0.15, 0.2) is 0 Å². The Kier molecular flexibility index (Phi) is 5.54. The maximum absolute atomic E-state index is 10.7. The smallest absolute Gasteiger partial charge is 0.306 e. The third kappa shape index (κ3) is 5.86. The molecule has 0 aliphatic heterocycles. The van der Waals surface area contributed by atoms with Crippen molar-refractivity contribution in [2.24, 2.45) is 0 Å². The zero-order chi connectivity index (χ0) is 10.3. The van der Waals surface area contributed by atoms with E-state index in [2.05, 4.69) is 11.9 Å². The number of hydrogen-bond acceptors (Lipinski definition) is 3. The van der Waals surface area contributed by atoms with Crippen molar-refractivity contribution >= 4 is 11.9 Å². The molecule has 13 heavy (non-hydrogen) atoms. The largest absolute Gasteiger partial charge is 0.481 e. The lowest BCUT2D eigenvalue weighted by Crippen LogP contribution is -2.33. The number of aliphatic carboxylic acids is 1. The molecule has 0 aliphatic rings. The van der Waals surface area contributed by atoms with Crippen LogP contribution in [0, 0.1) is 0 Å². The van der Waals surface area contributed by atoms with Crippen LogP contribution in [0.1, 0.15) is 6.42 Å². The fourth-order valence-electron chi connectivity index (χ4n) is 0.720. The predicted molar refractivity (Wildman–Crippen MR) is 46.3 cm³/mol. The molecule has 0 aromatic carbocycles. The minimum absolute atomic E-state index is 0.131. The maximum atomic E-state index is 10.7. The lowest BCUT2D eigenvalue weighted by atomic mass is 10.2. The second kappa shape index (κ2) is 6.19. The number of carboxylic acids is 1. The molecule has 5 heteroatoms. The fourth-order valence-corrected chi connectivity index (χ4v) is 0.720. The van der Waals surface area contributed by atoms with E-state index < -0.39 is 12.1 Å². The van der Waals surface area contributed by atoms with Crippen molar-refractivity contribution in [1.82, 2.24) is 5.32 Å². The van der Waals surface area contributed by atoms with E-state index in [-0.39, 0.29) is 18.9 Å². The first-order chi connectivity index (χ1) is 6.10. The van der Waals surface area contributed by atoms with Crippen LogP contribution in [-0.2, 0) is 14.3 Å². The van der Waals surface area contributed by atoms with E-state index in [4.69, 9.17) is 9.84 Å². The highest BCUT2D eigenvalue weighted by Gasteiger charge is 2.12. The SMILES string of the molecule is C=CC(=O)NCC(CC(=O)O)OC. The van der Waals surface area contributed by atoms with E-state index in [1.165, 1.54) is 7.11 Å². The van der Waals surface area contributed by atoms with Gasteiger partial charge in [-0.3, -0.25) is 9.59 Å². The summed E-state index contributed by atoms with van der Waals surface area (Å²) in [6.45, 7) is 3.43. The lowest BCUT2D eigenvalue weighted by Gasteiger charge is -2.12. The Bertz CT molecular complexity index is 202. The summed E-state index contributed by atoms with van der Waals surface area (Å²) in [4.78, 5) is 21.0. The molecule has 0 aromatic rings. The Labute approximate surface area is 76.4 Å². The molecule has 0 aliphatic carbocycles. The monoisotopic (exact) mass is 187 g/mol. The average Bonchev–Trinajstić information content (AvgIpc) is 2.10. The molecule has 0 spiro atoms. The van der Waals surface area contributed by atoms with Gasteiger partial charge < -0.3 is 15.2 Å². The summed E-state index contributed by atoms with van der Waals surface area (Å²) in [6.07, 6.45) is 0.489. The maximum Gasteiger partial charge on any atom is 0.306 e. The van der Waals surface area contributed by atoms with E-state index in [1.54, 1.807) is 0 Å². The molecular weight excluding hydrogens is 174 g/mol. The van der Waals surface area contributed by atoms with E-state index in [1.807, 2.05) is 0 Å². The van der Waals surface area contributed by atoms with E-state index in [0.29, 0.717) is 0 Å². The summed E-state index contributed by atoms with van der Waals surface area (Å²) in [5, 5.41) is 10.9. The number of amides is 1. The van der Waals surface area contributed by atoms with Gasteiger partial charge in [0.1, 0.15) is 0 Å². The van der Waals surface area contributed by atoms with E-state index in [9.17, 15) is 9.59 Å². The Hall–Kier alpha value is -1.36. The number of ether oxygens (including phenoxy) is 1. The van der Waals surface area contributed by atoms with Crippen LogP contribution < -0.4 is 5.32 Å². The summed E-state index contributed by atoms with van der Waals surface area (Å²) in [5.41, 5.74) is 0. The molecule has 5 nitrogen and oxygen atoms in total. The Morgan fingerprint density at radius 2 is 2.31 bits per heavy atom. The van der Waals surface area contributed by atoms with Crippen LogP contribution >= 0.6 is 0 Å². The van der Waals surface area contributed by atoms with E-state index in [0.717, 1.165) is 6.08 Å². The molecule has 2 N–H and O–H groups in total. The quantitative estimate of drug-likeness (QED) is 0.563. The second-order valence-corrected chi connectivity index (χ2v) is 2.40. The first-order valence-electron chi connectivity index (χ1n) is 3.75. The number of methoxy groups -OCH3 is 1. The third-order valence-electron chi connectivity index (χ3n) is 1.42. The zero-order valence-electron chi connectivity index (χ0n) is 7.45. The predicted octanol–water partition coefficient (Wildman–Crippen LogP) is -0.222. The van der Waals surface area contributed by atoms with Gasteiger partial charge in [0.25, 0.3) is 0 Å². The van der Waals surface area contributed by atoms with Gasteiger partial charge in [-0.25, -0.2) is 0 Å². The van der Waals surface area contributed by atoms with Crippen LogP contribution in [0.3, 0.4) is 0 Å². The molecule has 0 bridgehead atoms. The molecule has 0 radical (unpaired) electrons. The van der Waals surface area contributed by atoms with Crippen molar-refractivity contribution in [3.05, 3.63) is 12.7 Å². The summed E-state index contributed by atoms with van der Waals surface area (Å²) < 4.78 is 4.83. The van der Waals surface area contributed by atoms with Crippen molar-refractivity contribution in [2.45, 2.75) is 12.5 Å². The number of nitrogens with one attached hydrogen (secondary N) is 1. The standard InChI is InChI=1S/C8H13NO4/c1-3-7(10)9-5-6(13-2)4-8(11)12/h3,6H,1,4-5H2,2H3,(H,9,10)(H,11,12). The number of hydrogen-bond donors (Lipinski definition) is 2. The van der Waals surface area contributed by atoms with Gasteiger partial charge in [0, 0.05) is 13.7 Å². The summed E-state index contributed by atoms with van der Waals surface area (Å²) >= 11 is 0. The van der Waals surface area contributed by atoms with Crippen LogP contribution in [0.15, 0.2) is 12.7 Å². The molecular formula is C8H13NO4. The van der Waals surface area contributed by atoms with E-state index >= 15 is 0 Å². The first-order valence-corrected chi connectivity index (χ1v) is 3.75. The highest BCUT2D eigenvalue weighted by atomic mass is 16.5. The Balaban J connectivity index is 3.77. The molecule has 1 unspecified atom stereocenters.